The van der Waals surface area contributed by atoms with E-state index in [2.05, 4.69) is 10.3 Å². The van der Waals surface area contributed by atoms with Crippen molar-refractivity contribution in [2.45, 2.75) is 25.1 Å². The number of nitrogens with zero attached hydrogens (tertiary/aromatic N) is 2. The van der Waals surface area contributed by atoms with Crippen LogP contribution in [0.4, 0.5) is 0 Å². The van der Waals surface area contributed by atoms with Crippen molar-refractivity contribution in [1.82, 2.24) is 14.9 Å². The standard InChI is InChI=1S/C17H21N3O3/c1-22-9-12-16(11-6-7-23-17(11)12)19-15(21)8-20-10-18-13-4-2-3-5-14(13)20/h2-5,10-12,16-17H,6-9H2,1H3,(H,19,21)/t11-,12+,16-,17-/m1/s1. The van der Waals surface area contributed by atoms with Crippen molar-refractivity contribution in [2.75, 3.05) is 20.3 Å². The number of carbonyl (C=O) groups is 1. The average molecular weight is 315 g/mol. The molecule has 4 rings (SSSR count). The first kappa shape index (κ1) is 14.7. The Labute approximate surface area is 134 Å². The lowest BCUT2D eigenvalue weighted by molar-refractivity contribution is -0.130. The van der Waals surface area contributed by atoms with E-state index in [0.717, 1.165) is 24.1 Å². The van der Waals surface area contributed by atoms with E-state index < -0.39 is 0 Å². The quantitative estimate of drug-likeness (QED) is 0.900. The molecule has 1 saturated heterocycles. The number of benzene rings is 1. The molecule has 0 unspecified atom stereocenters. The molecular formula is C17H21N3O3. The second-order valence-corrected chi connectivity index (χ2v) is 6.36. The summed E-state index contributed by atoms with van der Waals surface area (Å²) in [7, 11) is 1.69. The van der Waals surface area contributed by atoms with Crippen LogP contribution in [-0.4, -0.2) is 47.9 Å². The number of aromatic nitrogens is 2. The Morgan fingerprint density at radius 3 is 3.22 bits per heavy atom. The van der Waals surface area contributed by atoms with Crippen LogP contribution in [0.5, 0.6) is 0 Å². The van der Waals surface area contributed by atoms with Crippen molar-refractivity contribution in [3.63, 3.8) is 0 Å². The zero-order valence-corrected chi connectivity index (χ0v) is 13.1. The molecule has 6 heteroatoms. The summed E-state index contributed by atoms with van der Waals surface area (Å²) in [4.78, 5) is 16.8. The molecule has 1 saturated carbocycles. The lowest BCUT2D eigenvalue weighted by Gasteiger charge is -2.47. The van der Waals surface area contributed by atoms with Crippen LogP contribution in [0.1, 0.15) is 6.42 Å². The van der Waals surface area contributed by atoms with E-state index in [1.54, 1.807) is 13.4 Å². The summed E-state index contributed by atoms with van der Waals surface area (Å²) in [6.45, 7) is 1.70. The third kappa shape index (κ3) is 2.52. The molecule has 2 aromatic rings. The number of rotatable bonds is 5. The van der Waals surface area contributed by atoms with Crippen molar-refractivity contribution in [2.24, 2.45) is 11.8 Å². The van der Waals surface area contributed by atoms with E-state index >= 15 is 0 Å². The van der Waals surface area contributed by atoms with E-state index in [-0.39, 0.29) is 30.5 Å². The molecule has 4 atom stereocenters. The molecule has 1 aliphatic carbocycles. The number of methoxy groups -OCH3 is 1. The maximum absolute atomic E-state index is 12.5. The van der Waals surface area contributed by atoms with Gasteiger partial charge in [0.05, 0.1) is 30.1 Å². The van der Waals surface area contributed by atoms with Gasteiger partial charge in [0.25, 0.3) is 0 Å². The maximum Gasteiger partial charge on any atom is 0.240 e. The van der Waals surface area contributed by atoms with Crippen LogP contribution in [0, 0.1) is 11.8 Å². The van der Waals surface area contributed by atoms with Crippen molar-refractivity contribution < 1.29 is 14.3 Å². The minimum Gasteiger partial charge on any atom is -0.384 e. The van der Waals surface area contributed by atoms with Gasteiger partial charge in [-0.15, -0.1) is 0 Å². The van der Waals surface area contributed by atoms with Crippen molar-refractivity contribution in [1.29, 1.82) is 0 Å². The monoisotopic (exact) mass is 315 g/mol. The largest absolute Gasteiger partial charge is 0.384 e. The highest BCUT2D eigenvalue weighted by molar-refractivity contribution is 5.80. The number of fused-ring (bicyclic) bond motifs is 2. The second kappa shape index (κ2) is 5.94. The first-order valence-corrected chi connectivity index (χ1v) is 8.07. The van der Waals surface area contributed by atoms with Gasteiger partial charge in [-0.05, 0) is 18.6 Å². The zero-order valence-electron chi connectivity index (χ0n) is 13.1. The summed E-state index contributed by atoms with van der Waals surface area (Å²) in [5.74, 6) is 0.708. The molecule has 1 aliphatic heterocycles. The topological polar surface area (TPSA) is 65.4 Å². The third-order valence-corrected chi connectivity index (χ3v) is 5.06. The molecule has 0 spiro atoms. The van der Waals surface area contributed by atoms with Crippen molar-refractivity contribution in [3.8, 4) is 0 Å². The molecule has 1 aromatic heterocycles. The number of carbonyl (C=O) groups excluding carboxylic acids is 1. The summed E-state index contributed by atoms with van der Waals surface area (Å²) < 4.78 is 12.9. The van der Waals surface area contributed by atoms with Gasteiger partial charge < -0.3 is 19.4 Å². The smallest absolute Gasteiger partial charge is 0.240 e. The number of imidazole rings is 1. The summed E-state index contributed by atoms with van der Waals surface area (Å²) in [5.41, 5.74) is 1.89. The highest BCUT2D eigenvalue weighted by Gasteiger charge is 2.54. The molecular weight excluding hydrogens is 294 g/mol. The van der Waals surface area contributed by atoms with Gasteiger partial charge in [-0.25, -0.2) is 4.98 Å². The predicted molar refractivity (Wildman–Crippen MR) is 84.9 cm³/mol. The molecule has 6 nitrogen and oxygen atoms in total. The predicted octanol–water partition coefficient (Wildman–Crippen LogP) is 1.20. The molecule has 0 radical (unpaired) electrons. The van der Waals surface area contributed by atoms with Crippen LogP contribution in [0.3, 0.4) is 0 Å². The fraction of sp³-hybridized carbons (Fsp3) is 0.529. The fourth-order valence-corrected chi connectivity index (χ4v) is 3.96. The Balaban J connectivity index is 1.43. The minimum absolute atomic E-state index is 0.0182. The van der Waals surface area contributed by atoms with Crippen molar-refractivity contribution >= 4 is 16.9 Å². The lowest BCUT2D eigenvalue weighted by Crippen LogP contribution is -2.63. The van der Waals surface area contributed by atoms with Crippen LogP contribution < -0.4 is 5.32 Å². The summed E-state index contributed by atoms with van der Waals surface area (Å²) in [6.07, 6.45) is 2.98. The molecule has 2 aliphatic rings. The normalized spacial score (nSPS) is 29.3. The second-order valence-electron chi connectivity index (χ2n) is 6.36. The third-order valence-electron chi connectivity index (χ3n) is 5.06. The van der Waals surface area contributed by atoms with E-state index in [1.807, 2.05) is 28.8 Å². The highest BCUT2D eigenvalue weighted by atomic mass is 16.5. The molecule has 1 amide bonds. The molecule has 2 fully saturated rings. The molecule has 23 heavy (non-hydrogen) atoms. The number of hydrogen-bond donors (Lipinski definition) is 1. The van der Waals surface area contributed by atoms with Gasteiger partial charge in [0.2, 0.25) is 5.91 Å². The van der Waals surface area contributed by atoms with Gasteiger partial charge in [0, 0.05) is 31.6 Å². The van der Waals surface area contributed by atoms with Crippen LogP contribution in [0.2, 0.25) is 0 Å². The Kier molecular flexibility index (Phi) is 3.79. The van der Waals surface area contributed by atoms with E-state index in [1.165, 1.54) is 0 Å². The van der Waals surface area contributed by atoms with Gasteiger partial charge >= 0.3 is 0 Å². The van der Waals surface area contributed by atoms with Gasteiger partial charge in [-0.1, -0.05) is 12.1 Å². The van der Waals surface area contributed by atoms with Crippen LogP contribution in [0.15, 0.2) is 30.6 Å². The summed E-state index contributed by atoms with van der Waals surface area (Å²) >= 11 is 0. The first-order chi connectivity index (χ1) is 11.3. The van der Waals surface area contributed by atoms with Gasteiger partial charge in [-0.2, -0.15) is 0 Å². The van der Waals surface area contributed by atoms with E-state index in [0.29, 0.717) is 12.5 Å². The number of ether oxygens (including phenoxy) is 2. The molecule has 1 aromatic carbocycles. The Hall–Kier alpha value is -1.92. The number of hydrogen-bond acceptors (Lipinski definition) is 4. The Morgan fingerprint density at radius 1 is 1.48 bits per heavy atom. The van der Waals surface area contributed by atoms with Gasteiger partial charge in [0.1, 0.15) is 6.54 Å². The van der Waals surface area contributed by atoms with E-state index in [4.69, 9.17) is 9.47 Å². The van der Waals surface area contributed by atoms with Crippen LogP contribution in [0.25, 0.3) is 11.0 Å². The zero-order chi connectivity index (χ0) is 15.8. The Bertz CT molecular complexity index is 714. The highest BCUT2D eigenvalue weighted by Crippen LogP contribution is 2.43. The Morgan fingerprint density at radius 2 is 2.35 bits per heavy atom. The number of para-hydroxylation sites is 2. The number of amides is 1. The molecule has 1 N–H and O–H groups in total. The fourth-order valence-electron chi connectivity index (χ4n) is 3.96. The molecule has 122 valence electrons. The maximum atomic E-state index is 12.5. The van der Waals surface area contributed by atoms with Crippen LogP contribution in [-0.2, 0) is 20.8 Å². The molecule has 2 heterocycles. The van der Waals surface area contributed by atoms with Crippen molar-refractivity contribution in [3.05, 3.63) is 30.6 Å². The number of nitrogens with one attached hydrogen (secondary N) is 1. The molecule has 0 bridgehead atoms. The minimum atomic E-state index is 0.0182. The van der Waals surface area contributed by atoms with E-state index in [9.17, 15) is 4.79 Å². The first-order valence-electron chi connectivity index (χ1n) is 8.07. The lowest BCUT2D eigenvalue weighted by atomic mass is 9.67. The van der Waals surface area contributed by atoms with Gasteiger partial charge in [0.15, 0.2) is 0 Å². The summed E-state index contributed by atoms with van der Waals surface area (Å²) in [6, 6.07) is 7.99. The van der Waals surface area contributed by atoms with Gasteiger partial charge in [-0.3, -0.25) is 4.79 Å². The van der Waals surface area contributed by atoms with Crippen LogP contribution >= 0.6 is 0 Å². The summed E-state index contributed by atoms with van der Waals surface area (Å²) in [5, 5.41) is 3.18. The SMILES string of the molecule is COC[C@H]1[C@H](NC(=O)Cn2cnc3ccccc32)[C@H]2CCO[C@H]21. The average Bonchev–Trinajstić information content (AvgIpc) is 3.16.